The van der Waals surface area contributed by atoms with Crippen molar-refractivity contribution in [3.05, 3.63) is 0 Å². The molecule has 0 spiro atoms. The van der Waals surface area contributed by atoms with Gasteiger partial charge in [0.25, 0.3) is 0 Å². The van der Waals surface area contributed by atoms with Gasteiger partial charge in [-0.25, -0.2) is 0 Å². The van der Waals surface area contributed by atoms with Crippen LogP contribution < -0.4 is 5.32 Å². The normalized spacial score (nSPS) is 9.86. The molecule has 0 aliphatic heterocycles. The molecule has 0 aromatic rings. The number of nitrogens with zero attached hydrogens (tertiary/aromatic N) is 1. The van der Waals surface area contributed by atoms with Gasteiger partial charge in [-0.15, -0.1) is 0 Å². The third-order valence-corrected chi connectivity index (χ3v) is 2.26. The van der Waals surface area contributed by atoms with Gasteiger partial charge < -0.3 is 10.2 Å². The van der Waals surface area contributed by atoms with Gasteiger partial charge in [0.1, 0.15) is 0 Å². The van der Waals surface area contributed by atoms with E-state index in [4.69, 9.17) is 0 Å². The smallest absolute Gasteiger partial charge is 0.00219 e. The van der Waals surface area contributed by atoms with Gasteiger partial charge in [0, 0.05) is 0 Å². The first kappa shape index (κ1) is 16.4. The summed E-state index contributed by atoms with van der Waals surface area (Å²) in [4.78, 5) is 2.37. The van der Waals surface area contributed by atoms with Crippen LogP contribution in [0.15, 0.2) is 0 Å². The second-order valence-corrected chi connectivity index (χ2v) is 3.41. The van der Waals surface area contributed by atoms with E-state index in [0.29, 0.717) is 0 Å². The fourth-order valence-electron chi connectivity index (χ4n) is 1.20. The maximum Gasteiger partial charge on any atom is -0.00219 e. The fourth-order valence-corrected chi connectivity index (χ4v) is 1.20. The van der Waals surface area contributed by atoms with Crippen molar-refractivity contribution in [3.63, 3.8) is 0 Å². The van der Waals surface area contributed by atoms with Gasteiger partial charge in [-0.3, -0.25) is 0 Å². The van der Waals surface area contributed by atoms with Gasteiger partial charge in [0.15, 0.2) is 0 Å². The number of hydrogen-bond acceptors (Lipinski definition) is 2. The Morgan fingerprint density at radius 3 is 2.07 bits per heavy atom. The Hall–Kier alpha value is -0.0800. The molecular formula is C12H30N2. The third kappa shape index (κ3) is 14.4. The summed E-state index contributed by atoms with van der Waals surface area (Å²) in [6.07, 6.45) is 5.44. The summed E-state index contributed by atoms with van der Waals surface area (Å²) in [6, 6.07) is 0. The first-order valence-electron chi connectivity index (χ1n) is 6.14. The van der Waals surface area contributed by atoms with E-state index in [9.17, 15) is 0 Å². The summed E-state index contributed by atoms with van der Waals surface area (Å²) < 4.78 is 0. The highest BCUT2D eigenvalue weighted by molar-refractivity contribution is 4.50. The SMILES string of the molecule is CC.CCN(C)CCCCCCNC. The highest BCUT2D eigenvalue weighted by atomic mass is 15.1. The number of nitrogens with one attached hydrogen (secondary N) is 1. The number of hydrogen-bond donors (Lipinski definition) is 1. The number of unbranched alkanes of at least 4 members (excludes halogenated alkanes) is 3. The largest absolute Gasteiger partial charge is 0.320 e. The molecule has 0 rings (SSSR count). The van der Waals surface area contributed by atoms with Crippen LogP contribution in [-0.2, 0) is 0 Å². The summed E-state index contributed by atoms with van der Waals surface area (Å²) in [5, 5.41) is 3.17. The first-order chi connectivity index (χ1) is 6.81. The van der Waals surface area contributed by atoms with Crippen LogP contribution >= 0.6 is 0 Å². The molecule has 0 aliphatic rings. The molecule has 0 bridgehead atoms. The fraction of sp³-hybridized carbons (Fsp3) is 1.00. The summed E-state index contributed by atoms with van der Waals surface area (Å²) in [7, 11) is 4.21. The molecule has 0 aromatic carbocycles. The van der Waals surface area contributed by atoms with Crippen molar-refractivity contribution in [3.8, 4) is 0 Å². The Balaban J connectivity index is 0. The van der Waals surface area contributed by atoms with E-state index in [1.165, 1.54) is 45.3 Å². The lowest BCUT2D eigenvalue weighted by atomic mass is 10.2. The van der Waals surface area contributed by atoms with E-state index in [0.717, 1.165) is 0 Å². The van der Waals surface area contributed by atoms with Crippen molar-refractivity contribution in [2.45, 2.75) is 46.5 Å². The van der Waals surface area contributed by atoms with Gasteiger partial charge in [-0.1, -0.05) is 33.6 Å². The van der Waals surface area contributed by atoms with Crippen LogP contribution in [0.3, 0.4) is 0 Å². The van der Waals surface area contributed by atoms with E-state index in [1.54, 1.807) is 0 Å². The van der Waals surface area contributed by atoms with Crippen LogP contribution in [0.1, 0.15) is 46.5 Å². The zero-order chi connectivity index (χ0) is 11.2. The Kier molecular flexibility index (Phi) is 18.0. The molecule has 14 heavy (non-hydrogen) atoms. The molecule has 88 valence electrons. The lowest BCUT2D eigenvalue weighted by Gasteiger charge is -2.12. The van der Waals surface area contributed by atoms with Crippen LogP contribution in [0.25, 0.3) is 0 Å². The van der Waals surface area contributed by atoms with E-state index in [1.807, 2.05) is 20.9 Å². The molecule has 0 atom stereocenters. The summed E-state index contributed by atoms with van der Waals surface area (Å²) >= 11 is 0. The molecule has 0 saturated carbocycles. The van der Waals surface area contributed by atoms with Crippen molar-refractivity contribution in [2.24, 2.45) is 0 Å². The Labute approximate surface area is 91.1 Å². The van der Waals surface area contributed by atoms with E-state index >= 15 is 0 Å². The molecule has 1 N–H and O–H groups in total. The minimum Gasteiger partial charge on any atom is -0.320 e. The quantitative estimate of drug-likeness (QED) is 0.609. The molecule has 0 saturated heterocycles. The minimum absolute atomic E-state index is 1.17. The maximum absolute atomic E-state index is 3.17. The highest BCUT2D eigenvalue weighted by Crippen LogP contribution is 1.99. The molecule has 0 fully saturated rings. The lowest BCUT2D eigenvalue weighted by Crippen LogP contribution is -2.18. The van der Waals surface area contributed by atoms with E-state index in [2.05, 4.69) is 24.2 Å². The lowest BCUT2D eigenvalue weighted by molar-refractivity contribution is 0.341. The second kappa shape index (κ2) is 15.4. The molecule has 0 amide bonds. The van der Waals surface area contributed by atoms with Crippen LogP contribution in [0, 0.1) is 0 Å². The Morgan fingerprint density at radius 1 is 1.00 bits per heavy atom. The standard InChI is InChI=1S/C10H24N2.C2H6/c1-4-12(3)10-8-6-5-7-9-11-2;1-2/h11H,4-10H2,1-3H3;1-2H3. The van der Waals surface area contributed by atoms with Gasteiger partial charge in [0.2, 0.25) is 0 Å². The maximum atomic E-state index is 3.17. The minimum atomic E-state index is 1.17. The summed E-state index contributed by atoms with van der Waals surface area (Å²) in [5.74, 6) is 0. The highest BCUT2D eigenvalue weighted by Gasteiger charge is 1.93. The molecule has 0 aliphatic carbocycles. The molecule has 2 nitrogen and oxygen atoms in total. The molecule has 0 aromatic heterocycles. The van der Waals surface area contributed by atoms with Crippen LogP contribution in [0.2, 0.25) is 0 Å². The average molecular weight is 202 g/mol. The van der Waals surface area contributed by atoms with Crippen molar-refractivity contribution >= 4 is 0 Å². The third-order valence-electron chi connectivity index (χ3n) is 2.26. The number of rotatable bonds is 8. The van der Waals surface area contributed by atoms with Gasteiger partial charge in [-0.2, -0.15) is 0 Å². The summed E-state index contributed by atoms with van der Waals surface area (Å²) in [5.41, 5.74) is 0. The van der Waals surface area contributed by atoms with Crippen LogP contribution in [0.5, 0.6) is 0 Å². The van der Waals surface area contributed by atoms with Crippen molar-refractivity contribution in [1.82, 2.24) is 10.2 Å². The van der Waals surface area contributed by atoms with Crippen molar-refractivity contribution < 1.29 is 0 Å². The second-order valence-electron chi connectivity index (χ2n) is 3.41. The molecule has 0 heterocycles. The average Bonchev–Trinajstić information content (AvgIpc) is 2.25. The van der Waals surface area contributed by atoms with Crippen LogP contribution in [0.4, 0.5) is 0 Å². The summed E-state index contributed by atoms with van der Waals surface area (Å²) in [6.45, 7) is 9.82. The molecule has 2 heteroatoms. The molecule has 0 unspecified atom stereocenters. The van der Waals surface area contributed by atoms with Gasteiger partial charge in [0.05, 0.1) is 0 Å². The monoisotopic (exact) mass is 202 g/mol. The van der Waals surface area contributed by atoms with Crippen molar-refractivity contribution in [2.75, 3.05) is 33.7 Å². The van der Waals surface area contributed by atoms with Crippen LogP contribution in [-0.4, -0.2) is 38.6 Å². The predicted molar refractivity (Wildman–Crippen MR) is 66.9 cm³/mol. The Bertz CT molecular complexity index is 84.4. The zero-order valence-electron chi connectivity index (χ0n) is 10.9. The topological polar surface area (TPSA) is 15.3 Å². The van der Waals surface area contributed by atoms with Gasteiger partial charge in [-0.05, 0) is 46.6 Å². The molecular weight excluding hydrogens is 172 g/mol. The first-order valence-corrected chi connectivity index (χ1v) is 6.14. The van der Waals surface area contributed by atoms with E-state index in [-0.39, 0.29) is 0 Å². The Morgan fingerprint density at radius 2 is 1.57 bits per heavy atom. The van der Waals surface area contributed by atoms with E-state index < -0.39 is 0 Å². The van der Waals surface area contributed by atoms with Crippen molar-refractivity contribution in [1.29, 1.82) is 0 Å². The zero-order valence-corrected chi connectivity index (χ0v) is 10.9. The van der Waals surface area contributed by atoms with Gasteiger partial charge >= 0.3 is 0 Å². The predicted octanol–water partition coefficient (Wildman–Crippen LogP) is 2.74. The molecule has 0 radical (unpaired) electrons.